The molecule has 1 heterocycles. The van der Waals surface area contributed by atoms with Crippen LogP contribution in [0, 0.1) is 0 Å². The molecular weight excluding hydrogens is 194 g/mol. The van der Waals surface area contributed by atoms with Crippen LogP contribution in [0.15, 0.2) is 0 Å². The van der Waals surface area contributed by atoms with E-state index in [1.54, 1.807) is 4.90 Å². The van der Waals surface area contributed by atoms with Gasteiger partial charge in [0.25, 0.3) is 0 Å². The third-order valence-electron chi connectivity index (χ3n) is 2.56. The summed E-state index contributed by atoms with van der Waals surface area (Å²) in [5, 5.41) is 9.66. The number of aliphatic hydroxyl groups excluding tert-OH is 1. The van der Waals surface area contributed by atoms with E-state index in [9.17, 15) is 9.90 Å². The van der Waals surface area contributed by atoms with E-state index in [4.69, 9.17) is 4.74 Å². The number of rotatable bonds is 1. The zero-order valence-corrected chi connectivity index (χ0v) is 9.99. The third-order valence-corrected chi connectivity index (χ3v) is 2.56. The van der Waals surface area contributed by atoms with Crippen molar-refractivity contribution in [2.75, 3.05) is 6.54 Å². The van der Waals surface area contributed by atoms with Gasteiger partial charge in [-0.2, -0.15) is 0 Å². The molecule has 1 saturated heterocycles. The maximum absolute atomic E-state index is 11.8. The van der Waals surface area contributed by atoms with Gasteiger partial charge in [0.05, 0.1) is 12.1 Å². The van der Waals surface area contributed by atoms with Crippen LogP contribution < -0.4 is 0 Å². The third kappa shape index (κ3) is 3.09. The molecule has 1 amide bonds. The van der Waals surface area contributed by atoms with Gasteiger partial charge in [-0.05, 0) is 33.6 Å². The number of nitrogens with zero attached hydrogens (tertiary/aromatic N) is 1. The Bertz CT molecular complexity index is 234. The number of carbonyl (C=O) groups is 1. The van der Waals surface area contributed by atoms with Gasteiger partial charge in [0.15, 0.2) is 0 Å². The minimum absolute atomic E-state index is 0.0835. The standard InChI is InChI=1S/C11H21NO3/c1-5-8-9(13)6-7-12(8)10(14)15-11(2,3)4/h8-9,13H,5-7H2,1-4H3/t8-,9+/m0/s1. The number of aliphatic hydroxyl groups is 1. The fourth-order valence-electron chi connectivity index (χ4n) is 1.88. The summed E-state index contributed by atoms with van der Waals surface area (Å²) < 4.78 is 5.28. The van der Waals surface area contributed by atoms with E-state index in [0.29, 0.717) is 13.0 Å². The minimum atomic E-state index is -0.469. The average molecular weight is 215 g/mol. The van der Waals surface area contributed by atoms with Crippen molar-refractivity contribution in [3.63, 3.8) is 0 Å². The first-order valence-electron chi connectivity index (χ1n) is 5.53. The molecule has 0 aromatic heterocycles. The molecule has 88 valence electrons. The summed E-state index contributed by atoms with van der Waals surface area (Å²) >= 11 is 0. The predicted octanol–water partition coefficient (Wildman–Crippen LogP) is 1.77. The van der Waals surface area contributed by atoms with Crippen LogP contribution in [0.2, 0.25) is 0 Å². The van der Waals surface area contributed by atoms with Crippen molar-refractivity contribution < 1.29 is 14.6 Å². The molecule has 0 radical (unpaired) electrons. The van der Waals surface area contributed by atoms with Crippen LogP contribution in [-0.4, -0.2) is 40.4 Å². The van der Waals surface area contributed by atoms with Gasteiger partial charge in [-0.25, -0.2) is 4.79 Å². The van der Waals surface area contributed by atoms with Crippen LogP contribution in [0.3, 0.4) is 0 Å². The lowest BCUT2D eigenvalue weighted by atomic mass is 10.1. The number of amides is 1. The molecule has 1 aliphatic heterocycles. The normalized spacial score (nSPS) is 26.9. The smallest absolute Gasteiger partial charge is 0.410 e. The second kappa shape index (κ2) is 4.39. The van der Waals surface area contributed by atoms with E-state index in [2.05, 4.69) is 0 Å². The van der Waals surface area contributed by atoms with Gasteiger partial charge in [-0.1, -0.05) is 6.92 Å². The Balaban J connectivity index is 2.60. The Morgan fingerprint density at radius 2 is 2.13 bits per heavy atom. The maximum atomic E-state index is 11.8. The molecule has 0 bridgehead atoms. The zero-order valence-electron chi connectivity index (χ0n) is 9.99. The Morgan fingerprint density at radius 1 is 1.53 bits per heavy atom. The monoisotopic (exact) mass is 215 g/mol. The SMILES string of the molecule is CC[C@H]1[C@H](O)CCN1C(=O)OC(C)(C)C. The van der Waals surface area contributed by atoms with E-state index in [1.807, 2.05) is 27.7 Å². The van der Waals surface area contributed by atoms with Crippen molar-refractivity contribution in [2.45, 2.75) is 58.3 Å². The van der Waals surface area contributed by atoms with Crippen LogP contribution in [0.25, 0.3) is 0 Å². The van der Waals surface area contributed by atoms with Crippen LogP contribution in [0.4, 0.5) is 4.79 Å². The predicted molar refractivity (Wildman–Crippen MR) is 57.6 cm³/mol. The van der Waals surface area contributed by atoms with Crippen LogP contribution in [0.5, 0.6) is 0 Å². The molecule has 0 unspecified atom stereocenters. The van der Waals surface area contributed by atoms with Crippen molar-refractivity contribution in [1.29, 1.82) is 0 Å². The lowest BCUT2D eigenvalue weighted by Crippen LogP contribution is -2.42. The molecule has 1 fully saturated rings. The van der Waals surface area contributed by atoms with Crippen molar-refractivity contribution in [1.82, 2.24) is 4.90 Å². The Kier molecular flexibility index (Phi) is 3.60. The second-order valence-corrected chi connectivity index (χ2v) is 5.01. The molecule has 0 saturated carbocycles. The molecule has 2 atom stereocenters. The first-order valence-corrected chi connectivity index (χ1v) is 5.53. The zero-order chi connectivity index (χ0) is 11.6. The van der Waals surface area contributed by atoms with Gasteiger partial charge in [0.2, 0.25) is 0 Å². The largest absolute Gasteiger partial charge is 0.444 e. The van der Waals surface area contributed by atoms with Crippen molar-refractivity contribution >= 4 is 6.09 Å². The van der Waals surface area contributed by atoms with E-state index >= 15 is 0 Å². The Labute approximate surface area is 91.2 Å². The average Bonchev–Trinajstić information content (AvgIpc) is 2.43. The van der Waals surface area contributed by atoms with Gasteiger partial charge < -0.3 is 14.7 Å². The highest BCUT2D eigenvalue weighted by Gasteiger charge is 2.36. The molecule has 0 spiro atoms. The number of carbonyl (C=O) groups excluding carboxylic acids is 1. The van der Waals surface area contributed by atoms with Gasteiger partial charge >= 0.3 is 6.09 Å². The summed E-state index contributed by atoms with van der Waals surface area (Å²) in [6.45, 7) is 8.10. The molecule has 15 heavy (non-hydrogen) atoms. The molecule has 4 heteroatoms. The Hall–Kier alpha value is -0.770. The molecular formula is C11H21NO3. The van der Waals surface area contributed by atoms with E-state index in [0.717, 1.165) is 6.42 Å². The number of likely N-dealkylation sites (tertiary alicyclic amines) is 1. The van der Waals surface area contributed by atoms with Crippen LogP contribution >= 0.6 is 0 Å². The maximum Gasteiger partial charge on any atom is 0.410 e. The first-order chi connectivity index (χ1) is 6.85. The van der Waals surface area contributed by atoms with Crippen molar-refractivity contribution in [3.8, 4) is 0 Å². The summed E-state index contributed by atoms with van der Waals surface area (Å²) in [5.41, 5.74) is -0.469. The second-order valence-electron chi connectivity index (χ2n) is 5.01. The molecule has 0 aromatic rings. The fourth-order valence-corrected chi connectivity index (χ4v) is 1.88. The summed E-state index contributed by atoms with van der Waals surface area (Å²) in [4.78, 5) is 13.4. The topological polar surface area (TPSA) is 49.8 Å². The van der Waals surface area contributed by atoms with Gasteiger partial charge in [-0.3, -0.25) is 0 Å². The highest BCUT2D eigenvalue weighted by molar-refractivity contribution is 5.69. The van der Waals surface area contributed by atoms with Gasteiger partial charge in [0, 0.05) is 6.54 Å². The number of hydrogen-bond acceptors (Lipinski definition) is 3. The van der Waals surface area contributed by atoms with Crippen LogP contribution in [-0.2, 0) is 4.74 Å². The summed E-state index contributed by atoms with van der Waals surface area (Å²) in [5.74, 6) is 0. The summed E-state index contributed by atoms with van der Waals surface area (Å²) in [7, 11) is 0. The fraction of sp³-hybridized carbons (Fsp3) is 0.909. The first kappa shape index (κ1) is 12.3. The molecule has 1 aliphatic rings. The summed E-state index contributed by atoms with van der Waals surface area (Å²) in [6.07, 6.45) is 0.700. The van der Waals surface area contributed by atoms with E-state index in [1.165, 1.54) is 0 Å². The minimum Gasteiger partial charge on any atom is -0.444 e. The number of hydrogen-bond donors (Lipinski definition) is 1. The molecule has 1 rings (SSSR count). The lowest BCUT2D eigenvalue weighted by molar-refractivity contribution is 0.0151. The van der Waals surface area contributed by atoms with Crippen molar-refractivity contribution in [2.24, 2.45) is 0 Å². The van der Waals surface area contributed by atoms with Crippen LogP contribution in [0.1, 0.15) is 40.5 Å². The lowest BCUT2D eigenvalue weighted by Gasteiger charge is -2.28. The Morgan fingerprint density at radius 3 is 2.60 bits per heavy atom. The van der Waals surface area contributed by atoms with Crippen molar-refractivity contribution in [3.05, 3.63) is 0 Å². The number of ether oxygens (including phenoxy) is 1. The molecule has 4 nitrogen and oxygen atoms in total. The molecule has 0 aliphatic carbocycles. The van der Waals surface area contributed by atoms with Gasteiger partial charge in [-0.15, -0.1) is 0 Å². The molecule has 0 aromatic carbocycles. The highest BCUT2D eigenvalue weighted by atomic mass is 16.6. The highest BCUT2D eigenvalue weighted by Crippen LogP contribution is 2.23. The van der Waals surface area contributed by atoms with Gasteiger partial charge in [0.1, 0.15) is 5.60 Å². The molecule has 1 N–H and O–H groups in total. The van der Waals surface area contributed by atoms with E-state index in [-0.39, 0.29) is 12.1 Å². The summed E-state index contributed by atoms with van der Waals surface area (Å²) in [6, 6.07) is -0.0835. The quantitative estimate of drug-likeness (QED) is 0.725. The van der Waals surface area contributed by atoms with E-state index < -0.39 is 11.7 Å².